The molecule has 2 saturated heterocycles. The third kappa shape index (κ3) is 3.96. The molecule has 2 fully saturated rings. The van der Waals surface area contributed by atoms with Crippen LogP contribution < -0.4 is 14.5 Å². The minimum absolute atomic E-state index is 0.191. The Kier molecular flexibility index (Phi) is 5.41. The molecule has 0 unspecified atom stereocenters. The Morgan fingerprint density at radius 2 is 1.69 bits per heavy atom. The molecule has 0 bridgehead atoms. The van der Waals surface area contributed by atoms with Gasteiger partial charge in [-0.15, -0.1) is 13.2 Å². The van der Waals surface area contributed by atoms with Gasteiger partial charge in [0.15, 0.2) is 0 Å². The van der Waals surface area contributed by atoms with Gasteiger partial charge in [0.05, 0.1) is 30.9 Å². The maximum Gasteiger partial charge on any atom is 0.573 e. The molecule has 0 aliphatic carbocycles. The first-order valence-electron chi connectivity index (χ1n) is 10.9. The Hall–Kier alpha value is -4.03. The van der Waals surface area contributed by atoms with E-state index in [2.05, 4.69) is 10.8 Å². The van der Waals surface area contributed by atoms with Gasteiger partial charge in [-0.1, -0.05) is 29.8 Å². The Morgan fingerprint density at radius 1 is 1.03 bits per heavy atom. The number of nitriles is 1. The van der Waals surface area contributed by atoms with E-state index in [1.165, 1.54) is 18.2 Å². The molecule has 0 radical (unpaired) electrons. The molecule has 9 heteroatoms. The number of urea groups is 1. The first-order chi connectivity index (χ1) is 16.7. The number of nitrogens with zero attached hydrogens (tertiary/aromatic N) is 3. The van der Waals surface area contributed by atoms with Gasteiger partial charge < -0.3 is 9.47 Å². The smallest absolute Gasteiger partial charge is 0.406 e. The van der Waals surface area contributed by atoms with E-state index in [0.29, 0.717) is 22.5 Å². The summed E-state index contributed by atoms with van der Waals surface area (Å²) in [6.07, 6.45) is -4.84. The molecule has 5 rings (SSSR count). The lowest BCUT2D eigenvalue weighted by Gasteiger charge is -2.47. The number of ether oxygens (including phenoxy) is 2. The molecule has 2 aliphatic heterocycles. The van der Waals surface area contributed by atoms with Crippen LogP contribution in [0.25, 0.3) is 0 Å². The summed E-state index contributed by atoms with van der Waals surface area (Å²) in [4.78, 5) is 17.2. The topological polar surface area (TPSA) is 65.8 Å². The number of aryl methyl sites for hydroxylation is 1. The molecule has 0 N–H and O–H groups in total. The van der Waals surface area contributed by atoms with Crippen LogP contribution >= 0.6 is 0 Å². The van der Waals surface area contributed by atoms with Crippen LogP contribution in [-0.2, 0) is 4.74 Å². The van der Waals surface area contributed by atoms with Gasteiger partial charge in [0, 0.05) is 11.4 Å². The van der Waals surface area contributed by atoms with Gasteiger partial charge in [0.2, 0.25) is 0 Å². The van der Waals surface area contributed by atoms with Gasteiger partial charge in [-0.05, 0) is 61.0 Å². The highest BCUT2D eigenvalue weighted by atomic mass is 19.4. The number of rotatable bonds is 4. The van der Waals surface area contributed by atoms with Gasteiger partial charge in [0.1, 0.15) is 11.3 Å². The predicted octanol–water partition coefficient (Wildman–Crippen LogP) is 5.72. The number of hydrogen-bond acceptors (Lipinski definition) is 4. The fraction of sp³-hybridized carbons (Fsp3) is 0.231. The lowest BCUT2D eigenvalue weighted by molar-refractivity contribution is -0.274. The maximum atomic E-state index is 14.0. The summed E-state index contributed by atoms with van der Waals surface area (Å²) in [6, 6.07) is 20.8. The van der Waals surface area contributed by atoms with Crippen molar-refractivity contribution in [2.24, 2.45) is 0 Å². The van der Waals surface area contributed by atoms with Crippen LogP contribution in [-0.4, -0.2) is 31.1 Å². The number of anilines is 2. The van der Waals surface area contributed by atoms with Gasteiger partial charge in [0.25, 0.3) is 0 Å². The average Bonchev–Trinajstić information content (AvgIpc) is 3.08. The van der Waals surface area contributed by atoms with E-state index in [1.807, 2.05) is 31.2 Å². The minimum Gasteiger partial charge on any atom is -0.406 e. The van der Waals surface area contributed by atoms with E-state index in [-0.39, 0.29) is 25.0 Å². The molecule has 2 heterocycles. The number of hydrogen-bond donors (Lipinski definition) is 0. The summed E-state index contributed by atoms with van der Waals surface area (Å²) < 4.78 is 48.5. The van der Waals surface area contributed by atoms with Crippen molar-refractivity contribution in [3.8, 4) is 11.8 Å². The maximum absolute atomic E-state index is 14.0. The molecule has 3 aromatic carbocycles. The first kappa shape index (κ1) is 22.7. The molecule has 3 aromatic rings. The number of alkyl halides is 3. The van der Waals surface area contributed by atoms with Crippen LogP contribution in [0.15, 0.2) is 72.8 Å². The largest absolute Gasteiger partial charge is 0.573 e. The second kappa shape index (κ2) is 8.32. The van der Waals surface area contributed by atoms with Crippen LogP contribution in [0.4, 0.5) is 29.3 Å². The summed E-state index contributed by atoms with van der Waals surface area (Å²) in [5, 5.41) is 9.17. The van der Waals surface area contributed by atoms with E-state index < -0.39 is 17.9 Å². The van der Waals surface area contributed by atoms with Crippen LogP contribution in [0.1, 0.15) is 22.7 Å². The monoisotopic (exact) mass is 479 g/mol. The fourth-order valence-corrected chi connectivity index (χ4v) is 4.73. The van der Waals surface area contributed by atoms with Crippen molar-refractivity contribution in [3.05, 3.63) is 89.5 Å². The minimum atomic E-state index is -4.84. The SMILES string of the molecule is Cc1ccc(N2C(=O)N(c3ccc(C#N)cc3)C3(COC3)[C@H]2c2cccc(OC(F)(F)F)c2)cc1. The van der Waals surface area contributed by atoms with Crippen molar-refractivity contribution in [2.75, 3.05) is 23.0 Å². The first-order valence-corrected chi connectivity index (χ1v) is 10.9. The van der Waals surface area contributed by atoms with Crippen molar-refractivity contribution < 1.29 is 27.4 Å². The van der Waals surface area contributed by atoms with Crippen molar-refractivity contribution in [3.63, 3.8) is 0 Å². The van der Waals surface area contributed by atoms with E-state index in [9.17, 15) is 18.0 Å². The van der Waals surface area contributed by atoms with E-state index in [1.54, 1.807) is 40.1 Å². The van der Waals surface area contributed by atoms with Crippen LogP contribution in [0, 0.1) is 18.3 Å². The summed E-state index contributed by atoms with van der Waals surface area (Å²) in [7, 11) is 0. The Labute approximate surface area is 199 Å². The zero-order chi connectivity index (χ0) is 24.8. The summed E-state index contributed by atoms with van der Waals surface area (Å²) in [5.74, 6) is -0.362. The number of carbonyl (C=O) groups is 1. The Bertz CT molecular complexity index is 1300. The lowest BCUT2D eigenvalue weighted by Crippen LogP contribution is -2.62. The molecule has 35 heavy (non-hydrogen) atoms. The molecule has 2 amide bonds. The van der Waals surface area contributed by atoms with E-state index >= 15 is 0 Å². The standard InChI is InChI=1S/C26H20F3N3O3/c1-17-5-9-20(10-6-17)31-23(19-3-2-4-22(13-19)35-26(27,28)29)25(15-34-16-25)32(24(31)33)21-11-7-18(14-30)8-12-21/h2-13,23H,15-16H2,1H3/t23-/m1/s1. The average molecular weight is 479 g/mol. The normalized spacial score (nSPS) is 18.9. The highest BCUT2D eigenvalue weighted by Crippen LogP contribution is 2.51. The molecule has 0 aromatic heterocycles. The van der Waals surface area contributed by atoms with Crippen molar-refractivity contribution in [1.29, 1.82) is 5.26 Å². The van der Waals surface area contributed by atoms with Crippen LogP contribution in [0.3, 0.4) is 0 Å². The summed E-state index contributed by atoms with van der Waals surface area (Å²) in [5.41, 5.74) is 2.24. The second-order valence-electron chi connectivity index (χ2n) is 8.60. The highest BCUT2D eigenvalue weighted by molar-refractivity contribution is 6.09. The number of benzene rings is 3. The van der Waals surface area contributed by atoms with Gasteiger partial charge in [-0.3, -0.25) is 9.80 Å². The third-order valence-electron chi connectivity index (χ3n) is 6.29. The molecule has 1 atom stereocenters. The molecule has 1 spiro atoms. The second-order valence-corrected chi connectivity index (χ2v) is 8.60. The van der Waals surface area contributed by atoms with E-state index in [4.69, 9.17) is 10.00 Å². The van der Waals surface area contributed by atoms with E-state index in [0.717, 1.165) is 5.56 Å². The Morgan fingerprint density at radius 3 is 2.26 bits per heavy atom. The van der Waals surface area contributed by atoms with Gasteiger partial charge in [-0.25, -0.2) is 4.79 Å². The quantitative estimate of drug-likeness (QED) is 0.480. The third-order valence-corrected chi connectivity index (χ3v) is 6.29. The van der Waals surface area contributed by atoms with Crippen molar-refractivity contribution in [1.82, 2.24) is 0 Å². The Balaban J connectivity index is 1.66. The van der Waals surface area contributed by atoms with Gasteiger partial charge >= 0.3 is 12.4 Å². The number of halogens is 3. The molecule has 178 valence electrons. The zero-order valence-corrected chi connectivity index (χ0v) is 18.6. The molecule has 6 nitrogen and oxygen atoms in total. The number of carbonyl (C=O) groups excluding carboxylic acids is 1. The highest BCUT2D eigenvalue weighted by Gasteiger charge is 2.63. The summed E-state index contributed by atoms with van der Waals surface area (Å²) in [6.45, 7) is 2.31. The predicted molar refractivity (Wildman–Crippen MR) is 122 cm³/mol. The van der Waals surface area contributed by atoms with Crippen LogP contribution in [0.2, 0.25) is 0 Å². The van der Waals surface area contributed by atoms with Gasteiger partial charge in [-0.2, -0.15) is 5.26 Å². The van der Waals surface area contributed by atoms with Crippen LogP contribution in [0.5, 0.6) is 5.75 Å². The fourth-order valence-electron chi connectivity index (χ4n) is 4.73. The molecule has 0 saturated carbocycles. The summed E-state index contributed by atoms with van der Waals surface area (Å²) >= 11 is 0. The number of amides is 2. The molecular weight excluding hydrogens is 459 g/mol. The molecular formula is C26H20F3N3O3. The zero-order valence-electron chi connectivity index (χ0n) is 18.6. The lowest BCUT2D eigenvalue weighted by atomic mass is 9.82. The van der Waals surface area contributed by atoms with Crippen molar-refractivity contribution >= 4 is 17.4 Å². The molecule has 2 aliphatic rings. The van der Waals surface area contributed by atoms with Crippen molar-refractivity contribution in [2.45, 2.75) is 24.9 Å².